The van der Waals surface area contributed by atoms with Gasteiger partial charge in [-0.3, -0.25) is 4.79 Å². The Labute approximate surface area is 109 Å². The van der Waals surface area contributed by atoms with Crippen molar-refractivity contribution in [1.29, 1.82) is 0 Å². The summed E-state index contributed by atoms with van der Waals surface area (Å²) in [7, 11) is 5.80. The number of rotatable bonds is 5. The van der Waals surface area contributed by atoms with Gasteiger partial charge in [0.15, 0.2) is 0 Å². The van der Waals surface area contributed by atoms with Crippen LogP contribution in [-0.4, -0.2) is 38.0 Å². The fourth-order valence-electron chi connectivity index (χ4n) is 1.71. The summed E-state index contributed by atoms with van der Waals surface area (Å²) in [4.78, 5) is 15.6. The van der Waals surface area contributed by atoms with Gasteiger partial charge >= 0.3 is 0 Å². The van der Waals surface area contributed by atoms with Gasteiger partial charge in [-0.15, -0.1) is 0 Å². The van der Waals surface area contributed by atoms with Crippen molar-refractivity contribution < 1.29 is 4.79 Å². The van der Waals surface area contributed by atoms with Crippen LogP contribution < -0.4 is 10.6 Å². The largest absolute Gasteiger partial charge is 0.378 e. The van der Waals surface area contributed by atoms with Gasteiger partial charge in [0, 0.05) is 33.4 Å². The highest BCUT2D eigenvalue weighted by molar-refractivity contribution is 5.81. The molecular weight excluding hydrogens is 226 g/mol. The third-order valence-corrected chi connectivity index (χ3v) is 3.01. The van der Waals surface area contributed by atoms with Crippen molar-refractivity contribution in [3.63, 3.8) is 0 Å². The first-order valence-corrected chi connectivity index (χ1v) is 6.22. The molecule has 0 aromatic heterocycles. The molecule has 0 bridgehead atoms. The van der Waals surface area contributed by atoms with Crippen LogP contribution >= 0.6 is 0 Å². The van der Waals surface area contributed by atoms with E-state index in [-0.39, 0.29) is 5.91 Å². The zero-order valence-corrected chi connectivity index (χ0v) is 11.7. The molecule has 1 amide bonds. The highest BCUT2D eigenvalue weighted by atomic mass is 16.2. The highest BCUT2D eigenvalue weighted by Crippen LogP contribution is 2.13. The van der Waals surface area contributed by atoms with Crippen LogP contribution in [-0.2, 0) is 11.3 Å². The Kier molecular flexibility index (Phi) is 5.16. The molecule has 0 aliphatic carbocycles. The van der Waals surface area contributed by atoms with Crippen molar-refractivity contribution in [2.24, 2.45) is 5.73 Å². The smallest absolute Gasteiger partial charge is 0.239 e. The van der Waals surface area contributed by atoms with E-state index < -0.39 is 6.04 Å². The number of nitrogens with two attached hydrogens (primary N) is 1. The lowest BCUT2D eigenvalue weighted by molar-refractivity contribution is -0.131. The molecule has 1 unspecified atom stereocenters. The van der Waals surface area contributed by atoms with Crippen LogP contribution in [0.3, 0.4) is 0 Å². The molecule has 4 nitrogen and oxygen atoms in total. The lowest BCUT2D eigenvalue weighted by Crippen LogP contribution is -2.40. The Morgan fingerprint density at radius 3 is 2.22 bits per heavy atom. The highest BCUT2D eigenvalue weighted by Gasteiger charge is 2.15. The Balaban J connectivity index is 2.64. The molecule has 0 saturated heterocycles. The minimum atomic E-state index is -0.393. The van der Waals surface area contributed by atoms with Gasteiger partial charge in [-0.1, -0.05) is 19.1 Å². The third kappa shape index (κ3) is 3.74. The first-order chi connectivity index (χ1) is 8.45. The number of carbonyl (C=O) groups excluding carboxylic acids is 1. The van der Waals surface area contributed by atoms with Gasteiger partial charge in [0.2, 0.25) is 5.91 Å². The van der Waals surface area contributed by atoms with Gasteiger partial charge in [0.05, 0.1) is 6.04 Å². The lowest BCUT2D eigenvalue weighted by Gasteiger charge is -2.21. The van der Waals surface area contributed by atoms with E-state index in [2.05, 4.69) is 0 Å². The zero-order chi connectivity index (χ0) is 13.7. The van der Waals surface area contributed by atoms with E-state index in [1.807, 2.05) is 50.2 Å². The molecule has 18 heavy (non-hydrogen) atoms. The summed E-state index contributed by atoms with van der Waals surface area (Å²) in [5.41, 5.74) is 8.00. The van der Waals surface area contributed by atoms with E-state index >= 15 is 0 Å². The quantitative estimate of drug-likeness (QED) is 0.859. The van der Waals surface area contributed by atoms with E-state index in [1.165, 1.54) is 0 Å². The van der Waals surface area contributed by atoms with Gasteiger partial charge in [-0.05, 0) is 24.1 Å². The molecule has 1 rings (SSSR count). The number of benzene rings is 1. The summed E-state index contributed by atoms with van der Waals surface area (Å²) < 4.78 is 0. The SMILES string of the molecule is CCC(N)C(=O)N(C)Cc1ccc(N(C)C)cc1. The monoisotopic (exact) mass is 249 g/mol. The van der Waals surface area contributed by atoms with E-state index in [1.54, 1.807) is 11.9 Å². The van der Waals surface area contributed by atoms with Gasteiger partial charge < -0.3 is 15.5 Å². The summed E-state index contributed by atoms with van der Waals surface area (Å²) in [6.45, 7) is 2.52. The van der Waals surface area contributed by atoms with Crippen molar-refractivity contribution in [2.75, 3.05) is 26.0 Å². The number of carbonyl (C=O) groups is 1. The molecule has 4 heteroatoms. The fourth-order valence-corrected chi connectivity index (χ4v) is 1.71. The Morgan fingerprint density at radius 1 is 1.22 bits per heavy atom. The van der Waals surface area contributed by atoms with E-state index in [4.69, 9.17) is 5.73 Å². The third-order valence-electron chi connectivity index (χ3n) is 3.01. The molecule has 2 N–H and O–H groups in total. The topological polar surface area (TPSA) is 49.6 Å². The van der Waals surface area contributed by atoms with Gasteiger partial charge in [-0.2, -0.15) is 0 Å². The number of likely N-dealkylation sites (N-methyl/N-ethyl adjacent to an activating group) is 1. The maximum absolute atomic E-state index is 11.8. The lowest BCUT2D eigenvalue weighted by atomic mass is 10.1. The van der Waals surface area contributed by atoms with Crippen LogP contribution in [0, 0.1) is 0 Å². The average molecular weight is 249 g/mol. The Hall–Kier alpha value is -1.55. The van der Waals surface area contributed by atoms with Crippen molar-refractivity contribution in [3.8, 4) is 0 Å². The van der Waals surface area contributed by atoms with E-state index in [0.717, 1.165) is 11.3 Å². The molecule has 0 heterocycles. The number of hydrogen-bond acceptors (Lipinski definition) is 3. The van der Waals surface area contributed by atoms with E-state index in [9.17, 15) is 4.79 Å². The molecule has 0 fully saturated rings. The molecule has 0 aliphatic heterocycles. The van der Waals surface area contributed by atoms with Crippen LogP contribution in [0.25, 0.3) is 0 Å². The molecule has 0 radical (unpaired) electrons. The molecule has 0 saturated carbocycles. The van der Waals surface area contributed by atoms with Gasteiger partial charge in [-0.25, -0.2) is 0 Å². The van der Waals surface area contributed by atoms with E-state index in [0.29, 0.717) is 13.0 Å². The molecule has 0 spiro atoms. The summed E-state index contributed by atoms with van der Waals surface area (Å²) in [6.07, 6.45) is 0.669. The van der Waals surface area contributed by atoms with Crippen molar-refractivity contribution >= 4 is 11.6 Å². The maximum atomic E-state index is 11.8. The van der Waals surface area contributed by atoms with Crippen LogP contribution in [0.5, 0.6) is 0 Å². The number of anilines is 1. The minimum absolute atomic E-state index is 0.00538. The molecule has 1 atom stereocenters. The minimum Gasteiger partial charge on any atom is -0.378 e. The summed E-state index contributed by atoms with van der Waals surface area (Å²) in [6, 6.07) is 7.78. The maximum Gasteiger partial charge on any atom is 0.239 e. The number of amides is 1. The zero-order valence-electron chi connectivity index (χ0n) is 11.7. The second kappa shape index (κ2) is 6.40. The molecule has 1 aromatic rings. The van der Waals surface area contributed by atoms with Crippen LogP contribution in [0.4, 0.5) is 5.69 Å². The molecule has 1 aromatic carbocycles. The predicted octanol–water partition coefficient (Wildman–Crippen LogP) is 1.45. The fraction of sp³-hybridized carbons (Fsp3) is 0.500. The summed E-state index contributed by atoms with van der Waals surface area (Å²) in [5.74, 6) is -0.00538. The standard InChI is InChI=1S/C14H23N3O/c1-5-13(15)14(18)17(4)10-11-6-8-12(9-7-11)16(2)3/h6-9,13H,5,10,15H2,1-4H3. The van der Waals surface area contributed by atoms with Crippen LogP contribution in [0.2, 0.25) is 0 Å². The second-order valence-electron chi connectivity index (χ2n) is 4.77. The van der Waals surface area contributed by atoms with Gasteiger partial charge in [0.25, 0.3) is 0 Å². The molecule has 100 valence electrons. The molecule has 0 aliphatic rings. The summed E-state index contributed by atoms with van der Waals surface area (Å²) in [5, 5.41) is 0. The predicted molar refractivity (Wildman–Crippen MR) is 75.5 cm³/mol. The Morgan fingerprint density at radius 2 is 1.78 bits per heavy atom. The average Bonchev–Trinajstić information content (AvgIpc) is 2.37. The number of hydrogen-bond donors (Lipinski definition) is 1. The first-order valence-electron chi connectivity index (χ1n) is 6.22. The van der Waals surface area contributed by atoms with Crippen molar-refractivity contribution in [3.05, 3.63) is 29.8 Å². The molecular formula is C14H23N3O. The van der Waals surface area contributed by atoms with Crippen molar-refractivity contribution in [2.45, 2.75) is 25.9 Å². The Bertz CT molecular complexity index is 387. The van der Waals surface area contributed by atoms with Crippen LogP contribution in [0.1, 0.15) is 18.9 Å². The number of nitrogens with zero attached hydrogens (tertiary/aromatic N) is 2. The summed E-state index contributed by atoms with van der Waals surface area (Å²) >= 11 is 0. The second-order valence-corrected chi connectivity index (χ2v) is 4.77. The first kappa shape index (κ1) is 14.5. The van der Waals surface area contributed by atoms with Crippen LogP contribution in [0.15, 0.2) is 24.3 Å². The normalized spacial score (nSPS) is 12.1. The van der Waals surface area contributed by atoms with Crippen molar-refractivity contribution in [1.82, 2.24) is 4.90 Å². The van der Waals surface area contributed by atoms with Gasteiger partial charge in [0.1, 0.15) is 0 Å².